The number of carbonyl (C=O) groups is 2. The molecule has 1 fully saturated rings. The zero-order valence-electron chi connectivity index (χ0n) is 20.1. The standard InChI is InChI=1S/C28H27ClN2O4/c1-5-35-23-16-19(10-15-22(23)29)26(32)24-25(18-8-13-20(14-9-18)30(3)4)31(28(34)27(24)33)21-11-6-17(2)7-12-21/h6-16,25,32H,5H2,1-4H3/b26-24-. The van der Waals surface area contributed by atoms with Gasteiger partial charge in [-0.15, -0.1) is 0 Å². The number of ketones is 1. The van der Waals surface area contributed by atoms with Crippen LogP contribution < -0.4 is 14.5 Å². The van der Waals surface area contributed by atoms with E-state index in [0.29, 0.717) is 34.2 Å². The number of nitrogens with zero attached hydrogens (tertiary/aromatic N) is 2. The van der Waals surface area contributed by atoms with Crippen LogP contribution in [-0.4, -0.2) is 37.5 Å². The Morgan fingerprint density at radius 2 is 1.69 bits per heavy atom. The lowest BCUT2D eigenvalue weighted by molar-refractivity contribution is -0.132. The molecule has 1 aliphatic heterocycles. The Labute approximate surface area is 210 Å². The minimum Gasteiger partial charge on any atom is -0.507 e. The monoisotopic (exact) mass is 490 g/mol. The van der Waals surface area contributed by atoms with Gasteiger partial charge in [0.1, 0.15) is 11.5 Å². The molecule has 3 aromatic rings. The molecule has 0 saturated carbocycles. The van der Waals surface area contributed by atoms with Crippen molar-refractivity contribution in [1.82, 2.24) is 0 Å². The first kappa shape index (κ1) is 24.4. The molecule has 0 aliphatic carbocycles. The van der Waals surface area contributed by atoms with Crippen molar-refractivity contribution in [2.24, 2.45) is 0 Å². The molecule has 1 unspecified atom stereocenters. The molecule has 6 nitrogen and oxygen atoms in total. The maximum Gasteiger partial charge on any atom is 0.300 e. The third-order valence-electron chi connectivity index (χ3n) is 5.99. The zero-order valence-corrected chi connectivity index (χ0v) is 20.8. The lowest BCUT2D eigenvalue weighted by atomic mass is 9.94. The fourth-order valence-electron chi connectivity index (χ4n) is 4.15. The van der Waals surface area contributed by atoms with E-state index >= 15 is 0 Å². The second-order valence-electron chi connectivity index (χ2n) is 8.57. The highest BCUT2D eigenvalue weighted by Gasteiger charge is 2.47. The number of anilines is 2. The number of aryl methyl sites for hydroxylation is 1. The summed E-state index contributed by atoms with van der Waals surface area (Å²) in [7, 11) is 3.87. The molecule has 1 saturated heterocycles. The van der Waals surface area contributed by atoms with E-state index in [9.17, 15) is 14.7 Å². The topological polar surface area (TPSA) is 70.1 Å². The van der Waals surface area contributed by atoms with E-state index in [2.05, 4.69) is 0 Å². The number of amides is 1. The van der Waals surface area contributed by atoms with Crippen LogP contribution in [0, 0.1) is 6.92 Å². The molecule has 1 N–H and O–H groups in total. The summed E-state index contributed by atoms with van der Waals surface area (Å²) in [5, 5.41) is 11.7. The van der Waals surface area contributed by atoms with E-state index in [0.717, 1.165) is 11.3 Å². The molecule has 0 bridgehead atoms. The molecule has 0 radical (unpaired) electrons. The SMILES string of the molecule is CCOc1cc(/C(O)=C2/C(=O)C(=O)N(c3ccc(C)cc3)C2c2ccc(N(C)C)cc2)ccc1Cl. The van der Waals surface area contributed by atoms with E-state index in [4.69, 9.17) is 16.3 Å². The number of carbonyl (C=O) groups excluding carboxylic acids is 2. The van der Waals surface area contributed by atoms with Gasteiger partial charge in [-0.25, -0.2) is 0 Å². The van der Waals surface area contributed by atoms with E-state index in [-0.39, 0.29) is 11.3 Å². The zero-order chi connectivity index (χ0) is 25.3. The Hall–Kier alpha value is -3.77. The van der Waals surface area contributed by atoms with Crippen molar-refractivity contribution in [3.05, 3.63) is 94.0 Å². The Balaban J connectivity index is 1.91. The van der Waals surface area contributed by atoms with Gasteiger partial charge < -0.3 is 14.7 Å². The third kappa shape index (κ3) is 4.62. The maximum absolute atomic E-state index is 13.3. The van der Waals surface area contributed by atoms with E-state index < -0.39 is 17.7 Å². The minimum atomic E-state index is -0.805. The van der Waals surface area contributed by atoms with Gasteiger partial charge in [0.15, 0.2) is 0 Å². The van der Waals surface area contributed by atoms with Crippen LogP contribution in [0.3, 0.4) is 0 Å². The predicted octanol–water partition coefficient (Wildman–Crippen LogP) is 5.74. The Kier molecular flexibility index (Phi) is 6.85. The van der Waals surface area contributed by atoms with Crippen LogP contribution in [0.5, 0.6) is 5.75 Å². The minimum absolute atomic E-state index is 0.0120. The van der Waals surface area contributed by atoms with Gasteiger partial charge >= 0.3 is 0 Å². The first-order chi connectivity index (χ1) is 16.7. The molecule has 35 heavy (non-hydrogen) atoms. The molecule has 1 amide bonds. The van der Waals surface area contributed by atoms with Crippen LogP contribution in [0.1, 0.15) is 29.7 Å². The number of halogens is 1. The van der Waals surface area contributed by atoms with Crippen molar-refractivity contribution in [1.29, 1.82) is 0 Å². The molecule has 7 heteroatoms. The number of Topliss-reactive ketones (excluding diaryl/α,β-unsaturated/α-hetero) is 1. The molecule has 3 aromatic carbocycles. The normalized spacial score (nSPS) is 17.1. The summed E-state index contributed by atoms with van der Waals surface area (Å²) in [6.45, 7) is 4.17. The number of benzene rings is 3. The van der Waals surface area contributed by atoms with Gasteiger partial charge in [-0.3, -0.25) is 14.5 Å². The smallest absolute Gasteiger partial charge is 0.300 e. The number of rotatable bonds is 6. The summed E-state index contributed by atoms with van der Waals surface area (Å²) >= 11 is 6.22. The van der Waals surface area contributed by atoms with Gasteiger partial charge in [-0.2, -0.15) is 0 Å². The number of hydrogen-bond acceptors (Lipinski definition) is 5. The van der Waals surface area contributed by atoms with Crippen LogP contribution in [0.25, 0.3) is 5.76 Å². The molecule has 1 aliphatic rings. The predicted molar refractivity (Wildman–Crippen MR) is 139 cm³/mol. The van der Waals surface area contributed by atoms with Gasteiger partial charge in [0.05, 0.1) is 23.2 Å². The van der Waals surface area contributed by atoms with E-state index in [1.54, 1.807) is 30.3 Å². The second-order valence-corrected chi connectivity index (χ2v) is 8.98. The summed E-state index contributed by atoms with van der Waals surface area (Å²) in [4.78, 5) is 30.0. The largest absolute Gasteiger partial charge is 0.507 e. The number of hydrogen-bond donors (Lipinski definition) is 1. The Bertz CT molecular complexity index is 1300. The Morgan fingerprint density at radius 3 is 2.29 bits per heavy atom. The quantitative estimate of drug-likeness (QED) is 0.271. The average Bonchev–Trinajstić information content (AvgIpc) is 3.11. The van der Waals surface area contributed by atoms with Gasteiger partial charge in [0.25, 0.3) is 11.7 Å². The van der Waals surface area contributed by atoms with Gasteiger partial charge in [0.2, 0.25) is 0 Å². The van der Waals surface area contributed by atoms with Crippen molar-refractivity contribution >= 4 is 40.4 Å². The van der Waals surface area contributed by atoms with Gasteiger partial charge in [-0.1, -0.05) is 41.4 Å². The highest BCUT2D eigenvalue weighted by molar-refractivity contribution is 6.51. The van der Waals surface area contributed by atoms with Crippen molar-refractivity contribution in [2.75, 3.05) is 30.5 Å². The molecule has 0 spiro atoms. The summed E-state index contributed by atoms with van der Waals surface area (Å²) in [5.74, 6) is -1.34. The molecule has 4 rings (SSSR count). The number of aliphatic hydroxyl groups excluding tert-OH is 1. The van der Waals surface area contributed by atoms with Gasteiger partial charge in [-0.05, 0) is 61.9 Å². The van der Waals surface area contributed by atoms with Crippen molar-refractivity contribution < 1.29 is 19.4 Å². The van der Waals surface area contributed by atoms with Crippen LogP contribution in [0.15, 0.2) is 72.3 Å². The average molecular weight is 491 g/mol. The van der Waals surface area contributed by atoms with E-state index in [1.807, 2.05) is 69.2 Å². The van der Waals surface area contributed by atoms with Crippen LogP contribution in [0.4, 0.5) is 11.4 Å². The third-order valence-corrected chi connectivity index (χ3v) is 6.30. The van der Waals surface area contributed by atoms with Crippen molar-refractivity contribution in [2.45, 2.75) is 19.9 Å². The lowest BCUT2D eigenvalue weighted by Crippen LogP contribution is -2.29. The fraction of sp³-hybridized carbons (Fsp3) is 0.214. The number of ether oxygens (including phenoxy) is 1. The molecular formula is C28H27ClN2O4. The summed E-state index contributed by atoms with van der Waals surface area (Å²) < 4.78 is 5.55. The van der Waals surface area contributed by atoms with Crippen LogP contribution in [0.2, 0.25) is 5.02 Å². The molecule has 1 heterocycles. The highest BCUT2D eigenvalue weighted by atomic mass is 35.5. The Morgan fingerprint density at radius 1 is 1.03 bits per heavy atom. The second kappa shape index (κ2) is 9.84. The lowest BCUT2D eigenvalue weighted by Gasteiger charge is -2.26. The summed E-state index contributed by atoms with van der Waals surface area (Å²) in [6.07, 6.45) is 0. The molecule has 1 atom stereocenters. The molecule has 0 aromatic heterocycles. The molecular weight excluding hydrogens is 464 g/mol. The summed E-state index contributed by atoms with van der Waals surface area (Å²) in [6, 6.07) is 18.9. The van der Waals surface area contributed by atoms with Crippen LogP contribution in [-0.2, 0) is 9.59 Å². The first-order valence-corrected chi connectivity index (χ1v) is 11.7. The molecule has 180 valence electrons. The highest BCUT2D eigenvalue weighted by Crippen LogP contribution is 2.43. The van der Waals surface area contributed by atoms with Crippen molar-refractivity contribution in [3.8, 4) is 5.75 Å². The number of aliphatic hydroxyl groups is 1. The van der Waals surface area contributed by atoms with Crippen LogP contribution >= 0.6 is 11.6 Å². The summed E-state index contributed by atoms with van der Waals surface area (Å²) in [5.41, 5.74) is 3.63. The van der Waals surface area contributed by atoms with Crippen molar-refractivity contribution in [3.63, 3.8) is 0 Å². The van der Waals surface area contributed by atoms with E-state index in [1.165, 1.54) is 4.90 Å². The van der Waals surface area contributed by atoms with Gasteiger partial charge in [0, 0.05) is 31.0 Å². The fourth-order valence-corrected chi connectivity index (χ4v) is 4.32. The maximum atomic E-state index is 13.3. The first-order valence-electron chi connectivity index (χ1n) is 11.3.